The largest absolute Gasteiger partial charge is 0.427 e. The highest BCUT2D eigenvalue weighted by atomic mass is 32.1. The lowest BCUT2D eigenvalue weighted by molar-refractivity contribution is -0.134. The van der Waals surface area contributed by atoms with Crippen molar-refractivity contribution in [1.29, 1.82) is 0 Å². The topological polar surface area (TPSA) is 65.2 Å². The third-order valence-corrected chi connectivity index (χ3v) is 4.24. The van der Waals surface area contributed by atoms with Crippen molar-refractivity contribution in [3.05, 3.63) is 52.5 Å². The summed E-state index contributed by atoms with van der Waals surface area (Å²) < 4.78 is 10.9. The van der Waals surface area contributed by atoms with E-state index in [2.05, 4.69) is 24.0 Å². The zero-order chi connectivity index (χ0) is 16.9. The molecule has 0 saturated carbocycles. The Morgan fingerprint density at radius 3 is 2.67 bits per heavy atom. The number of aromatic nitrogens is 2. The van der Waals surface area contributed by atoms with Gasteiger partial charge in [0.1, 0.15) is 5.75 Å². The first-order chi connectivity index (χ1) is 11.6. The molecule has 0 aliphatic carbocycles. The van der Waals surface area contributed by atoms with Gasteiger partial charge in [0.25, 0.3) is 0 Å². The van der Waals surface area contributed by atoms with Crippen LogP contribution in [0.3, 0.4) is 0 Å². The van der Waals surface area contributed by atoms with Crippen LogP contribution in [0.1, 0.15) is 37.6 Å². The molecule has 0 bridgehead atoms. The molecule has 0 atom stereocenters. The molecule has 3 rings (SSSR count). The van der Waals surface area contributed by atoms with Gasteiger partial charge < -0.3 is 9.15 Å². The monoisotopic (exact) mass is 342 g/mol. The summed E-state index contributed by atoms with van der Waals surface area (Å²) in [6.07, 6.45) is 0.553. The third kappa shape index (κ3) is 4.08. The SMILES string of the molecule is CC(C)c1ccc(OC(=O)CCc2nnc(-c3ccsc3)o2)cc1. The van der Waals surface area contributed by atoms with Crippen LogP contribution in [0.15, 0.2) is 45.5 Å². The van der Waals surface area contributed by atoms with E-state index in [1.165, 1.54) is 5.56 Å². The van der Waals surface area contributed by atoms with E-state index in [-0.39, 0.29) is 12.4 Å². The number of ether oxygens (including phenoxy) is 1. The van der Waals surface area contributed by atoms with Gasteiger partial charge in [-0.2, -0.15) is 11.3 Å². The smallest absolute Gasteiger partial charge is 0.311 e. The number of carbonyl (C=O) groups is 1. The fourth-order valence-electron chi connectivity index (χ4n) is 2.17. The second kappa shape index (κ2) is 7.40. The minimum atomic E-state index is -0.317. The fraction of sp³-hybridized carbons (Fsp3) is 0.278. The summed E-state index contributed by atoms with van der Waals surface area (Å²) in [7, 11) is 0. The molecule has 0 radical (unpaired) electrons. The Hall–Kier alpha value is -2.47. The number of nitrogens with zero attached hydrogens (tertiary/aromatic N) is 2. The Labute approximate surface area is 144 Å². The van der Waals surface area contributed by atoms with Gasteiger partial charge in [0, 0.05) is 17.4 Å². The molecule has 0 amide bonds. The van der Waals surface area contributed by atoms with Crippen molar-refractivity contribution in [2.45, 2.75) is 32.6 Å². The Balaban J connectivity index is 1.52. The zero-order valence-corrected chi connectivity index (χ0v) is 14.4. The van der Waals surface area contributed by atoms with Gasteiger partial charge in [-0.05, 0) is 35.1 Å². The van der Waals surface area contributed by atoms with Gasteiger partial charge in [0.05, 0.1) is 6.42 Å². The number of hydrogen-bond acceptors (Lipinski definition) is 6. The molecule has 0 N–H and O–H groups in total. The molecule has 2 aromatic heterocycles. The maximum Gasteiger partial charge on any atom is 0.311 e. The maximum atomic E-state index is 11.9. The minimum absolute atomic E-state index is 0.192. The van der Waals surface area contributed by atoms with E-state index >= 15 is 0 Å². The van der Waals surface area contributed by atoms with E-state index in [1.807, 2.05) is 41.1 Å². The van der Waals surface area contributed by atoms with Crippen molar-refractivity contribution in [2.24, 2.45) is 0 Å². The van der Waals surface area contributed by atoms with Crippen LogP contribution in [0.4, 0.5) is 0 Å². The number of thiophene rings is 1. The molecular formula is C18H18N2O3S. The Bertz CT molecular complexity index is 792. The maximum absolute atomic E-state index is 11.9. The van der Waals surface area contributed by atoms with Crippen LogP contribution < -0.4 is 4.74 Å². The van der Waals surface area contributed by atoms with Gasteiger partial charge in [0.15, 0.2) is 0 Å². The Morgan fingerprint density at radius 1 is 1.21 bits per heavy atom. The summed E-state index contributed by atoms with van der Waals surface area (Å²) in [4.78, 5) is 11.9. The first-order valence-electron chi connectivity index (χ1n) is 7.77. The van der Waals surface area contributed by atoms with Crippen molar-refractivity contribution in [3.63, 3.8) is 0 Å². The quantitative estimate of drug-likeness (QED) is 0.489. The molecule has 0 fully saturated rings. The van der Waals surface area contributed by atoms with E-state index in [0.717, 1.165) is 5.56 Å². The second-order valence-electron chi connectivity index (χ2n) is 5.71. The second-order valence-corrected chi connectivity index (χ2v) is 6.49. The first kappa shape index (κ1) is 16.4. The molecule has 124 valence electrons. The average molecular weight is 342 g/mol. The number of rotatable bonds is 6. The summed E-state index contributed by atoms with van der Waals surface area (Å²) in [5, 5.41) is 11.8. The van der Waals surface area contributed by atoms with Gasteiger partial charge in [-0.25, -0.2) is 0 Å². The first-order valence-corrected chi connectivity index (χ1v) is 8.71. The molecule has 6 heteroatoms. The summed E-state index contributed by atoms with van der Waals surface area (Å²) in [6, 6.07) is 9.48. The number of aryl methyl sites for hydroxylation is 1. The molecule has 0 unspecified atom stereocenters. The molecule has 0 saturated heterocycles. The van der Waals surface area contributed by atoms with Crippen molar-refractivity contribution in [1.82, 2.24) is 10.2 Å². The average Bonchev–Trinajstić information content (AvgIpc) is 3.25. The van der Waals surface area contributed by atoms with E-state index < -0.39 is 0 Å². The van der Waals surface area contributed by atoms with E-state index in [0.29, 0.717) is 29.9 Å². The molecule has 24 heavy (non-hydrogen) atoms. The molecular weight excluding hydrogens is 324 g/mol. The Morgan fingerprint density at radius 2 is 2.00 bits per heavy atom. The number of hydrogen-bond donors (Lipinski definition) is 0. The van der Waals surface area contributed by atoms with Crippen LogP contribution in [0.5, 0.6) is 5.75 Å². The predicted octanol–water partition coefficient (Wildman–Crippen LogP) is 4.46. The van der Waals surface area contributed by atoms with Crippen LogP contribution in [0.25, 0.3) is 11.5 Å². The summed E-state index contributed by atoms with van der Waals surface area (Å²) in [6.45, 7) is 4.24. The lowest BCUT2D eigenvalue weighted by Gasteiger charge is -2.07. The molecule has 2 heterocycles. The van der Waals surface area contributed by atoms with Crippen molar-refractivity contribution in [3.8, 4) is 17.2 Å². The normalized spacial score (nSPS) is 11.0. The predicted molar refractivity (Wildman–Crippen MR) is 92.1 cm³/mol. The highest BCUT2D eigenvalue weighted by Gasteiger charge is 2.12. The number of carbonyl (C=O) groups excluding carboxylic acids is 1. The highest BCUT2D eigenvalue weighted by Crippen LogP contribution is 2.21. The molecule has 0 aliphatic rings. The van der Waals surface area contributed by atoms with Gasteiger partial charge in [-0.3, -0.25) is 4.79 Å². The van der Waals surface area contributed by atoms with Gasteiger partial charge >= 0.3 is 5.97 Å². The zero-order valence-electron chi connectivity index (χ0n) is 13.6. The molecule has 5 nitrogen and oxygen atoms in total. The highest BCUT2D eigenvalue weighted by molar-refractivity contribution is 7.08. The molecule has 1 aromatic carbocycles. The lowest BCUT2D eigenvalue weighted by atomic mass is 10.0. The Kier molecular flexibility index (Phi) is 5.05. The van der Waals surface area contributed by atoms with Crippen LogP contribution in [0.2, 0.25) is 0 Å². The minimum Gasteiger partial charge on any atom is -0.427 e. The van der Waals surface area contributed by atoms with Crippen molar-refractivity contribution < 1.29 is 13.9 Å². The molecule has 3 aromatic rings. The van der Waals surface area contributed by atoms with Crippen molar-refractivity contribution in [2.75, 3.05) is 0 Å². The summed E-state index contributed by atoms with van der Waals surface area (Å²) >= 11 is 1.56. The van der Waals surface area contributed by atoms with Gasteiger partial charge in [-0.15, -0.1) is 10.2 Å². The summed E-state index contributed by atoms with van der Waals surface area (Å²) in [5.74, 6) is 1.59. The lowest BCUT2D eigenvalue weighted by Crippen LogP contribution is -2.09. The number of benzene rings is 1. The van der Waals surface area contributed by atoms with Gasteiger partial charge in [0.2, 0.25) is 11.8 Å². The third-order valence-electron chi connectivity index (χ3n) is 3.56. The van der Waals surface area contributed by atoms with Crippen LogP contribution in [-0.2, 0) is 11.2 Å². The van der Waals surface area contributed by atoms with Crippen molar-refractivity contribution >= 4 is 17.3 Å². The van der Waals surface area contributed by atoms with Gasteiger partial charge in [-0.1, -0.05) is 26.0 Å². The van der Waals surface area contributed by atoms with E-state index in [4.69, 9.17) is 9.15 Å². The molecule has 0 spiro atoms. The van der Waals surface area contributed by atoms with Crippen LogP contribution in [-0.4, -0.2) is 16.2 Å². The fourth-order valence-corrected chi connectivity index (χ4v) is 2.80. The van der Waals surface area contributed by atoms with Crippen LogP contribution >= 0.6 is 11.3 Å². The van der Waals surface area contributed by atoms with E-state index in [1.54, 1.807) is 11.3 Å². The number of esters is 1. The van der Waals surface area contributed by atoms with E-state index in [9.17, 15) is 4.79 Å². The van der Waals surface area contributed by atoms with Crippen LogP contribution in [0, 0.1) is 0 Å². The summed E-state index contributed by atoms with van der Waals surface area (Å²) in [5.41, 5.74) is 2.10. The standard InChI is InChI=1S/C18H18N2O3S/c1-12(2)13-3-5-15(6-4-13)22-17(21)8-7-16-19-20-18(23-16)14-9-10-24-11-14/h3-6,9-12H,7-8H2,1-2H3. The molecule has 0 aliphatic heterocycles.